The zero-order chi connectivity index (χ0) is 24.8. The van der Waals surface area contributed by atoms with E-state index in [4.69, 9.17) is 5.26 Å². The molecule has 0 spiro atoms. The van der Waals surface area contributed by atoms with Gasteiger partial charge in [-0.05, 0) is 49.9 Å². The second-order valence-corrected chi connectivity index (χ2v) is 9.43. The second kappa shape index (κ2) is 11.2. The van der Waals surface area contributed by atoms with Crippen LogP contribution >= 0.6 is 0 Å². The monoisotopic (exact) mass is 480 g/mol. The van der Waals surface area contributed by atoms with Crippen LogP contribution in [-0.4, -0.2) is 77.9 Å². The second-order valence-electron chi connectivity index (χ2n) is 9.43. The average molecular weight is 481 g/mol. The first-order valence-corrected chi connectivity index (χ1v) is 12.4. The third kappa shape index (κ3) is 5.91. The van der Waals surface area contributed by atoms with Crippen molar-refractivity contribution in [3.63, 3.8) is 0 Å². The first-order valence-electron chi connectivity index (χ1n) is 12.4. The topological polar surface area (TPSA) is 135 Å². The van der Waals surface area contributed by atoms with Crippen molar-refractivity contribution < 1.29 is 19.2 Å². The van der Waals surface area contributed by atoms with Crippen LogP contribution < -0.4 is 16.0 Å². The number of amides is 5. The van der Waals surface area contributed by atoms with Gasteiger partial charge in [0.05, 0.1) is 18.2 Å². The highest BCUT2D eigenvalue weighted by Crippen LogP contribution is 2.20. The molecule has 10 heteroatoms. The predicted octanol–water partition coefficient (Wildman–Crippen LogP) is 1.12. The Kier molecular flexibility index (Phi) is 7.85. The molecule has 186 valence electrons. The molecule has 2 atom stereocenters. The molecule has 3 aliphatic rings. The molecule has 1 aromatic carbocycles. The SMILES string of the molecule is N#Cc1ccc(C(=O)N2CCN(C(=O)NC3CCCCC3)C(C(=O)NC3CCCNC3=O)C2)cc1. The maximum atomic E-state index is 13.3. The number of piperazine rings is 1. The lowest BCUT2D eigenvalue weighted by molar-refractivity contribution is -0.133. The molecule has 4 rings (SSSR count). The van der Waals surface area contributed by atoms with Crippen LogP contribution in [0.3, 0.4) is 0 Å². The number of nitriles is 1. The van der Waals surface area contributed by atoms with Gasteiger partial charge in [-0.25, -0.2) is 4.79 Å². The van der Waals surface area contributed by atoms with Crippen LogP contribution in [0.4, 0.5) is 4.79 Å². The third-order valence-electron chi connectivity index (χ3n) is 7.03. The number of nitrogens with zero attached hydrogens (tertiary/aromatic N) is 3. The lowest BCUT2D eigenvalue weighted by Gasteiger charge is -2.41. The predicted molar refractivity (Wildman–Crippen MR) is 127 cm³/mol. The normalized spacial score (nSPS) is 23.1. The fourth-order valence-electron chi connectivity index (χ4n) is 4.99. The number of urea groups is 1. The summed E-state index contributed by atoms with van der Waals surface area (Å²) in [5.74, 6) is -0.942. The Morgan fingerprint density at radius 3 is 2.40 bits per heavy atom. The summed E-state index contributed by atoms with van der Waals surface area (Å²) in [4.78, 5) is 54.9. The molecule has 2 saturated heterocycles. The smallest absolute Gasteiger partial charge is 0.318 e. The van der Waals surface area contributed by atoms with Gasteiger partial charge >= 0.3 is 6.03 Å². The van der Waals surface area contributed by atoms with E-state index in [-0.39, 0.29) is 43.5 Å². The largest absolute Gasteiger partial charge is 0.354 e. The summed E-state index contributed by atoms with van der Waals surface area (Å²) in [6.45, 7) is 1.09. The molecule has 2 heterocycles. The Morgan fingerprint density at radius 1 is 0.971 bits per heavy atom. The summed E-state index contributed by atoms with van der Waals surface area (Å²) in [6.07, 6.45) is 6.43. The number of piperidine rings is 1. The van der Waals surface area contributed by atoms with E-state index in [0.29, 0.717) is 24.1 Å². The third-order valence-corrected chi connectivity index (χ3v) is 7.03. The van der Waals surface area contributed by atoms with Gasteiger partial charge in [-0.1, -0.05) is 19.3 Å². The molecule has 10 nitrogen and oxygen atoms in total. The summed E-state index contributed by atoms with van der Waals surface area (Å²) < 4.78 is 0. The van der Waals surface area contributed by atoms with Crippen molar-refractivity contribution in [3.05, 3.63) is 35.4 Å². The number of carbonyl (C=O) groups excluding carboxylic acids is 4. The van der Waals surface area contributed by atoms with Crippen LogP contribution in [0.5, 0.6) is 0 Å². The lowest BCUT2D eigenvalue weighted by Crippen LogP contribution is -2.65. The van der Waals surface area contributed by atoms with Crippen LogP contribution in [0.15, 0.2) is 24.3 Å². The minimum absolute atomic E-state index is 0.0249. The van der Waals surface area contributed by atoms with E-state index in [0.717, 1.165) is 38.5 Å². The van der Waals surface area contributed by atoms with Crippen LogP contribution in [0.1, 0.15) is 60.9 Å². The van der Waals surface area contributed by atoms with E-state index < -0.39 is 18.0 Å². The van der Waals surface area contributed by atoms with Crippen molar-refractivity contribution in [3.8, 4) is 6.07 Å². The maximum absolute atomic E-state index is 13.3. The van der Waals surface area contributed by atoms with Gasteiger partial charge in [0.2, 0.25) is 11.8 Å². The van der Waals surface area contributed by atoms with Crippen molar-refractivity contribution in [1.29, 1.82) is 5.26 Å². The summed E-state index contributed by atoms with van der Waals surface area (Å²) in [6, 6.07) is 6.57. The quantitative estimate of drug-likeness (QED) is 0.594. The Morgan fingerprint density at radius 2 is 1.71 bits per heavy atom. The van der Waals surface area contributed by atoms with Gasteiger partial charge in [0.15, 0.2) is 0 Å². The summed E-state index contributed by atoms with van der Waals surface area (Å²) >= 11 is 0. The van der Waals surface area contributed by atoms with Gasteiger partial charge < -0.3 is 25.8 Å². The van der Waals surface area contributed by atoms with E-state index in [2.05, 4.69) is 16.0 Å². The minimum atomic E-state index is -0.913. The highest BCUT2D eigenvalue weighted by Gasteiger charge is 2.39. The molecule has 1 aromatic rings. The summed E-state index contributed by atoms with van der Waals surface area (Å²) in [7, 11) is 0. The van der Waals surface area contributed by atoms with Crippen LogP contribution in [0.25, 0.3) is 0 Å². The Balaban J connectivity index is 1.49. The van der Waals surface area contributed by atoms with Gasteiger partial charge in [-0.2, -0.15) is 5.26 Å². The highest BCUT2D eigenvalue weighted by molar-refractivity contribution is 5.96. The average Bonchev–Trinajstić information content (AvgIpc) is 2.89. The van der Waals surface area contributed by atoms with Crippen LogP contribution in [0.2, 0.25) is 0 Å². The van der Waals surface area contributed by atoms with E-state index in [1.807, 2.05) is 6.07 Å². The lowest BCUT2D eigenvalue weighted by atomic mass is 9.95. The molecule has 0 aromatic heterocycles. The fraction of sp³-hybridized carbons (Fsp3) is 0.560. The molecule has 0 radical (unpaired) electrons. The van der Waals surface area contributed by atoms with Crippen molar-refractivity contribution in [1.82, 2.24) is 25.8 Å². The van der Waals surface area contributed by atoms with Gasteiger partial charge in [-0.15, -0.1) is 0 Å². The molecular weight excluding hydrogens is 448 g/mol. The summed E-state index contributed by atoms with van der Waals surface area (Å²) in [5.41, 5.74) is 0.865. The molecule has 35 heavy (non-hydrogen) atoms. The zero-order valence-corrected chi connectivity index (χ0v) is 19.8. The first-order chi connectivity index (χ1) is 17.0. The molecule has 1 aliphatic carbocycles. The molecule has 3 N–H and O–H groups in total. The maximum Gasteiger partial charge on any atom is 0.318 e. The van der Waals surface area contributed by atoms with Gasteiger partial charge in [0.1, 0.15) is 12.1 Å². The van der Waals surface area contributed by atoms with Crippen LogP contribution in [0, 0.1) is 11.3 Å². The van der Waals surface area contributed by atoms with Crippen molar-refractivity contribution in [2.75, 3.05) is 26.2 Å². The van der Waals surface area contributed by atoms with E-state index in [1.54, 1.807) is 29.2 Å². The van der Waals surface area contributed by atoms with E-state index in [1.165, 1.54) is 4.90 Å². The van der Waals surface area contributed by atoms with Gasteiger partial charge in [-0.3, -0.25) is 14.4 Å². The van der Waals surface area contributed by atoms with Crippen molar-refractivity contribution in [2.45, 2.75) is 63.1 Å². The molecule has 5 amide bonds. The van der Waals surface area contributed by atoms with E-state index in [9.17, 15) is 19.2 Å². The van der Waals surface area contributed by atoms with Crippen molar-refractivity contribution >= 4 is 23.8 Å². The molecule has 0 bridgehead atoms. The van der Waals surface area contributed by atoms with Gasteiger partial charge in [0, 0.05) is 31.2 Å². The van der Waals surface area contributed by atoms with Crippen molar-refractivity contribution in [2.24, 2.45) is 0 Å². The standard InChI is InChI=1S/C25H32N6O4/c26-15-17-8-10-18(11-9-17)24(34)30-13-14-31(25(35)28-19-5-2-1-3-6-19)21(16-30)23(33)29-20-7-4-12-27-22(20)32/h8-11,19-21H,1-7,12-14,16H2,(H,27,32)(H,28,35)(H,29,33). The number of nitrogens with one attached hydrogen (secondary N) is 3. The van der Waals surface area contributed by atoms with Crippen LogP contribution in [-0.2, 0) is 9.59 Å². The number of carbonyl (C=O) groups is 4. The zero-order valence-electron chi connectivity index (χ0n) is 19.8. The molecule has 1 saturated carbocycles. The molecule has 3 fully saturated rings. The number of benzene rings is 1. The Hall–Kier alpha value is -3.61. The summed E-state index contributed by atoms with van der Waals surface area (Å²) in [5, 5.41) is 17.6. The van der Waals surface area contributed by atoms with E-state index >= 15 is 0 Å². The Bertz CT molecular complexity index is 998. The number of hydrogen-bond donors (Lipinski definition) is 3. The fourth-order valence-corrected chi connectivity index (χ4v) is 4.99. The minimum Gasteiger partial charge on any atom is -0.354 e. The number of hydrogen-bond acceptors (Lipinski definition) is 5. The first kappa shape index (κ1) is 24.5. The molecule has 2 aliphatic heterocycles. The molecular formula is C25H32N6O4. The Labute approximate surface area is 205 Å². The highest BCUT2D eigenvalue weighted by atomic mass is 16.2. The molecule has 2 unspecified atom stereocenters. The number of rotatable bonds is 4. The van der Waals surface area contributed by atoms with Gasteiger partial charge in [0.25, 0.3) is 5.91 Å².